The molecule has 2 heteroatoms. The molecule has 1 saturated carbocycles. The van der Waals surface area contributed by atoms with Gasteiger partial charge < -0.3 is 9.90 Å². The molecule has 2 aliphatic carbocycles. The SMILES string of the molecule is CC(C)C1CC1C1=CC(c2cccc(O)c2)=CC(C=O)C1. The zero-order valence-corrected chi connectivity index (χ0v) is 12.6. The van der Waals surface area contributed by atoms with Crippen molar-refractivity contribution in [2.75, 3.05) is 0 Å². The Hall–Kier alpha value is -1.83. The number of rotatable bonds is 4. The largest absolute Gasteiger partial charge is 0.508 e. The van der Waals surface area contributed by atoms with E-state index in [-0.39, 0.29) is 11.7 Å². The number of allylic oxidation sites excluding steroid dienone is 4. The van der Waals surface area contributed by atoms with Crippen LogP contribution in [0.5, 0.6) is 5.75 Å². The van der Waals surface area contributed by atoms with E-state index in [0.717, 1.165) is 29.8 Å². The van der Waals surface area contributed by atoms with Crippen molar-refractivity contribution in [3.63, 3.8) is 0 Å². The van der Waals surface area contributed by atoms with E-state index in [2.05, 4.69) is 19.9 Å². The molecular weight excluding hydrogens is 260 g/mol. The van der Waals surface area contributed by atoms with E-state index >= 15 is 0 Å². The molecule has 0 aliphatic heterocycles. The molecule has 3 unspecified atom stereocenters. The average molecular weight is 282 g/mol. The van der Waals surface area contributed by atoms with Crippen LogP contribution in [0.3, 0.4) is 0 Å². The van der Waals surface area contributed by atoms with Gasteiger partial charge in [0.05, 0.1) is 0 Å². The monoisotopic (exact) mass is 282 g/mol. The van der Waals surface area contributed by atoms with Gasteiger partial charge in [-0.3, -0.25) is 0 Å². The normalized spacial score (nSPS) is 28.0. The molecule has 3 rings (SSSR count). The molecule has 0 aromatic heterocycles. The molecule has 110 valence electrons. The van der Waals surface area contributed by atoms with E-state index < -0.39 is 0 Å². The zero-order chi connectivity index (χ0) is 15.0. The smallest absolute Gasteiger partial charge is 0.127 e. The quantitative estimate of drug-likeness (QED) is 0.840. The fourth-order valence-corrected chi connectivity index (χ4v) is 3.46. The predicted molar refractivity (Wildman–Crippen MR) is 84.8 cm³/mol. The Morgan fingerprint density at radius 1 is 1.33 bits per heavy atom. The Morgan fingerprint density at radius 2 is 2.14 bits per heavy atom. The lowest BCUT2D eigenvalue weighted by atomic mass is 9.85. The van der Waals surface area contributed by atoms with Gasteiger partial charge in [-0.1, -0.05) is 43.7 Å². The standard InChI is InChI=1S/C19H22O2/c1-12(2)18-10-19(18)16-7-13(11-20)6-15(8-16)14-4-3-5-17(21)9-14/h3-6,8-9,11-13,18-19,21H,7,10H2,1-2H3. The number of hydrogen-bond acceptors (Lipinski definition) is 2. The van der Waals surface area contributed by atoms with Crippen molar-refractivity contribution in [3.05, 3.63) is 47.6 Å². The molecule has 0 bridgehead atoms. The van der Waals surface area contributed by atoms with E-state index in [1.807, 2.05) is 18.2 Å². The second-order valence-corrected chi connectivity index (χ2v) is 6.65. The van der Waals surface area contributed by atoms with Crippen LogP contribution in [0, 0.1) is 23.7 Å². The van der Waals surface area contributed by atoms with Gasteiger partial charge in [-0.15, -0.1) is 0 Å². The van der Waals surface area contributed by atoms with Crippen LogP contribution in [-0.2, 0) is 4.79 Å². The minimum absolute atomic E-state index is 0.0317. The lowest BCUT2D eigenvalue weighted by Crippen LogP contribution is -2.08. The van der Waals surface area contributed by atoms with Gasteiger partial charge in [-0.05, 0) is 53.9 Å². The maximum Gasteiger partial charge on any atom is 0.127 e. The van der Waals surface area contributed by atoms with E-state index in [0.29, 0.717) is 11.8 Å². The number of benzene rings is 1. The molecule has 2 aliphatic rings. The molecular formula is C19H22O2. The predicted octanol–water partition coefficient (Wildman–Crippen LogP) is 4.21. The molecule has 0 radical (unpaired) electrons. The molecule has 3 atom stereocenters. The summed E-state index contributed by atoms with van der Waals surface area (Å²) < 4.78 is 0. The number of carbonyl (C=O) groups is 1. The molecule has 1 fully saturated rings. The summed E-state index contributed by atoms with van der Waals surface area (Å²) in [6.45, 7) is 4.55. The number of carbonyl (C=O) groups excluding carboxylic acids is 1. The summed E-state index contributed by atoms with van der Waals surface area (Å²) in [4.78, 5) is 11.3. The Morgan fingerprint density at radius 3 is 2.76 bits per heavy atom. The topological polar surface area (TPSA) is 37.3 Å². The van der Waals surface area contributed by atoms with E-state index in [9.17, 15) is 9.90 Å². The first-order valence-electron chi connectivity index (χ1n) is 7.75. The average Bonchev–Trinajstić information content (AvgIpc) is 3.27. The zero-order valence-electron chi connectivity index (χ0n) is 12.6. The highest BCUT2D eigenvalue weighted by molar-refractivity contribution is 5.80. The number of aromatic hydroxyl groups is 1. The maximum atomic E-state index is 11.3. The van der Waals surface area contributed by atoms with E-state index in [1.165, 1.54) is 12.0 Å². The highest BCUT2D eigenvalue weighted by Crippen LogP contribution is 2.51. The van der Waals surface area contributed by atoms with Crippen molar-refractivity contribution in [2.24, 2.45) is 23.7 Å². The van der Waals surface area contributed by atoms with Crippen LogP contribution in [0.4, 0.5) is 0 Å². The summed E-state index contributed by atoms with van der Waals surface area (Å²) in [5, 5.41) is 9.65. The Balaban J connectivity index is 1.90. The van der Waals surface area contributed by atoms with Crippen LogP contribution in [0.2, 0.25) is 0 Å². The van der Waals surface area contributed by atoms with Crippen molar-refractivity contribution in [2.45, 2.75) is 26.7 Å². The Bertz CT molecular complexity index is 610. The number of phenolic OH excluding ortho intramolecular Hbond substituents is 1. The first-order chi connectivity index (χ1) is 10.1. The second kappa shape index (κ2) is 5.51. The van der Waals surface area contributed by atoms with Gasteiger partial charge in [-0.25, -0.2) is 0 Å². The van der Waals surface area contributed by atoms with Crippen LogP contribution in [0.1, 0.15) is 32.3 Å². The molecule has 0 heterocycles. The number of aldehydes is 1. The van der Waals surface area contributed by atoms with Gasteiger partial charge in [0.1, 0.15) is 12.0 Å². The van der Waals surface area contributed by atoms with Crippen molar-refractivity contribution >= 4 is 11.9 Å². The number of hydrogen-bond donors (Lipinski definition) is 1. The fraction of sp³-hybridized carbons (Fsp3) is 0.421. The first-order valence-corrected chi connectivity index (χ1v) is 7.75. The lowest BCUT2D eigenvalue weighted by Gasteiger charge is -2.19. The summed E-state index contributed by atoms with van der Waals surface area (Å²) in [6, 6.07) is 7.27. The second-order valence-electron chi connectivity index (χ2n) is 6.65. The minimum atomic E-state index is -0.0317. The van der Waals surface area contributed by atoms with Crippen molar-refractivity contribution < 1.29 is 9.90 Å². The van der Waals surface area contributed by atoms with Gasteiger partial charge in [0.2, 0.25) is 0 Å². The summed E-state index contributed by atoms with van der Waals surface area (Å²) in [5.41, 5.74) is 3.46. The fourth-order valence-electron chi connectivity index (χ4n) is 3.46. The highest BCUT2D eigenvalue weighted by Gasteiger charge is 2.42. The van der Waals surface area contributed by atoms with Crippen LogP contribution < -0.4 is 0 Å². The van der Waals surface area contributed by atoms with Gasteiger partial charge in [0, 0.05) is 5.92 Å². The Kier molecular flexibility index (Phi) is 3.71. The third-order valence-corrected chi connectivity index (χ3v) is 4.73. The number of phenols is 1. The minimum Gasteiger partial charge on any atom is -0.508 e. The van der Waals surface area contributed by atoms with Crippen molar-refractivity contribution in [1.82, 2.24) is 0 Å². The van der Waals surface area contributed by atoms with Crippen LogP contribution in [0.15, 0.2) is 42.0 Å². The van der Waals surface area contributed by atoms with E-state index in [4.69, 9.17) is 0 Å². The van der Waals surface area contributed by atoms with Gasteiger partial charge in [0.25, 0.3) is 0 Å². The third-order valence-electron chi connectivity index (χ3n) is 4.73. The first kappa shape index (κ1) is 14.1. The molecule has 0 amide bonds. The summed E-state index contributed by atoms with van der Waals surface area (Å²) >= 11 is 0. The van der Waals surface area contributed by atoms with Crippen LogP contribution in [-0.4, -0.2) is 11.4 Å². The molecule has 0 spiro atoms. The molecule has 1 aromatic rings. The van der Waals surface area contributed by atoms with Crippen LogP contribution >= 0.6 is 0 Å². The summed E-state index contributed by atoms with van der Waals surface area (Å²) in [6.07, 6.45) is 7.42. The van der Waals surface area contributed by atoms with Gasteiger partial charge >= 0.3 is 0 Å². The van der Waals surface area contributed by atoms with E-state index in [1.54, 1.807) is 12.1 Å². The summed E-state index contributed by atoms with van der Waals surface area (Å²) in [5.74, 6) is 2.36. The molecule has 21 heavy (non-hydrogen) atoms. The Labute approximate surface area is 126 Å². The van der Waals surface area contributed by atoms with Gasteiger partial charge in [0.15, 0.2) is 0 Å². The lowest BCUT2D eigenvalue weighted by molar-refractivity contribution is -0.109. The van der Waals surface area contributed by atoms with Crippen molar-refractivity contribution in [1.29, 1.82) is 0 Å². The molecule has 1 aromatic carbocycles. The van der Waals surface area contributed by atoms with Crippen molar-refractivity contribution in [3.8, 4) is 5.75 Å². The molecule has 2 nitrogen and oxygen atoms in total. The highest BCUT2D eigenvalue weighted by atomic mass is 16.3. The summed E-state index contributed by atoms with van der Waals surface area (Å²) in [7, 11) is 0. The van der Waals surface area contributed by atoms with Crippen LogP contribution in [0.25, 0.3) is 5.57 Å². The molecule has 1 N–H and O–H groups in total. The van der Waals surface area contributed by atoms with Gasteiger partial charge in [-0.2, -0.15) is 0 Å². The maximum absolute atomic E-state index is 11.3. The molecule has 0 saturated heterocycles. The third kappa shape index (κ3) is 2.94.